The minimum atomic E-state index is -0.118. The average molecular weight is 222 g/mol. The van der Waals surface area contributed by atoms with Gasteiger partial charge in [-0.2, -0.15) is 11.8 Å². The molecular formula is C13H18OS. The lowest BCUT2D eigenvalue weighted by Crippen LogP contribution is -2.23. The summed E-state index contributed by atoms with van der Waals surface area (Å²) < 4.78 is 0. The van der Waals surface area contributed by atoms with E-state index in [2.05, 4.69) is 38.1 Å². The number of aliphatic hydroxyl groups excluding tert-OH is 1. The summed E-state index contributed by atoms with van der Waals surface area (Å²) in [5.41, 5.74) is 2.57. The van der Waals surface area contributed by atoms with Crippen molar-refractivity contribution in [3.63, 3.8) is 0 Å². The van der Waals surface area contributed by atoms with Crippen LogP contribution in [0.1, 0.15) is 30.9 Å². The average Bonchev–Trinajstić information content (AvgIpc) is 2.16. The van der Waals surface area contributed by atoms with Crippen LogP contribution in [0.5, 0.6) is 0 Å². The second kappa shape index (κ2) is 4.18. The molecule has 0 radical (unpaired) electrons. The standard InChI is InChI=1S/C13H18OS/c1-13(2,9-14)12-5-3-4-10(6-12)11-7-15-8-11/h3-6,11,14H,7-9H2,1-2H3. The molecule has 0 amide bonds. The number of hydrogen-bond donors (Lipinski definition) is 1. The fourth-order valence-corrected chi connectivity index (χ4v) is 2.59. The zero-order chi connectivity index (χ0) is 10.9. The van der Waals surface area contributed by atoms with Gasteiger partial charge in [-0.3, -0.25) is 0 Å². The van der Waals surface area contributed by atoms with Crippen LogP contribution in [-0.4, -0.2) is 23.2 Å². The molecular weight excluding hydrogens is 204 g/mol. The molecule has 0 atom stereocenters. The fraction of sp³-hybridized carbons (Fsp3) is 0.538. The largest absolute Gasteiger partial charge is 0.395 e. The molecule has 2 heteroatoms. The van der Waals surface area contributed by atoms with Crippen molar-refractivity contribution in [2.75, 3.05) is 18.1 Å². The van der Waals surface area contributed by atoms with Gasteiger partial charge in [0.1, 0.15) is 0 Å². The first kappa shape index (κ1) is 11.0. The maximum absolute atomic E-state index is 9.34. The highest BCUT2D eigenvalue weighted by atomic mass is 32.2. The van der Waals surface area contributed by atoms with E-state index in [4.69, 9.17) is 0 Å². The Morgan fingerprint density at radius 2 is 2.13 bits per heavy atom. The van der Waals surface area contributed by atoms with Crippen LogP contribution in [0.4, 0.5) is 0 Å². The van der Waals surface area contributed by atoms with Gasteiger partial charge in [-0.15, -0.1) is 0 Å². The van der Waals surface area contributed by atoms with Crippen LogP contribution in [-0.2, 0) is 5.41 Å². The first-order valence-electron chi connectivity index (χ1n) is 5.42. The summed E-state index contributed by atoms with van der Waals surface area (Å²) in [5, 5.41) is 9.34. The van der Waals surface area contributed by atoms with Crippen LogP contribution in [0.25, 0.3) is 0 Å². The predicted molar refractivity (Wildman–Crippen MR) is 66.6 cm³/mol. The molecule has 0 saturated carbocycles. The maximum atomic E-state index is 9.34. The number of rotatable bonds is 3. The summed E-state index contributed by atoms with van der Waals surface area (Å²) >= 11 is 2.01. The maximum Gasteiger partial charge on any atom is 0.0522 e. The van der Waals surface area contributed by atoms with E-state index in [1.54, 1.807) is 0 Å². The molecule has 1 N–H and O–H groups in total. The molecule has 1 saturated heterocycles. The second-order valence-electron chi connectivity index (χ2n) is 4.90. The van der Waals surface area contributed by atoms with Crippen molar-refractivity contribution in [3.8, 4) is 0 Å². The highest BCUT2D eigenvalue weighted by molar-refractivity contribution is 8.00. The molecule has 0 aliphatic carbocycles. The van der Waals surface area contributed by atoms with E-state index in [1.807, 2.05) is 11.8 Å². The Balaban J connectivity index is 2.25. The monoisotopic (exact) mass is 222 g/mol. The Morgan fingerprint density at radius 1 is 1.40 bits per heavy atom. The summed E-state index contributed by atoms with van der Waals surface area (Å²) in [6.45, 7) is 4.37. The van der Waals surface area contributed by atoms with E-state index in [0.717, 1.165) is 5.92 Å². The number of hydrogen-bond acceptors (Lipinski definition) is 2. The SMILES string of the molecule is CC(C)(CO)c1cccc(C2CSC2)c1. The molecule has 0 unspecified atom stereocenters. The fourth-order valence-electron chi connectivity index (χ4n) is 1.73. The van der Waals surface area contributed by atoms with Crippen molar-refractivity contribution in [3.05, 3.63) is 35.4 Å². The van der Waals surface area contributed by atoms with E-state index in [1.165, 1.54) is 22.6 Å². The zero-order valence-corrected chi connectivity index (χ0v) is 10.2. The lowest BCUT2D eigenvalue weighted by molar-refractivity contribution is 0.218. The Kier molecular flexibility index (Phi) is 3.08. The van der Waals surface area contributed by atoms with Crippen molar-refractivity contribution in [1.82, 2.24) is 0 Å². The van der Waals surface area contributed by atoms with Crippen LogP contribution in [0.15, 0.2) is 24.3 Å². The second-order valence-corrected chi connectivity index (χ2v) is 5.98. The van der Waals surface area contributed by atoms with Crippen molar-refractivity contribution in [2.24, 2.45) is 0 Å². The van der Waals surface area contributed by atoms with Crippen LogP contribution >= 0.6 is 11.8 Å². The van der Waals surface area contributed by atoms with Gasteiger partial charge in [-0.1, -0.05) is 38.1 Å². The number of benzene rings is 1. The Labute approximate surface area is 95.9 Å². The Hall–Kier alpha value is -0.470. The van der Waals surface area contributed by atoms with Crippen LogP contribution in [0.3, 0.4) is 0 Å². The molecule has 2 rings (SSSR count). The summed E-state index contributed by atoms with van der Waals surface area (Å²) in [6, 6.07) is 8.71. The van der Waals surface area contributed by atoms with Gasteiger partial charge in [-0.25, -0.2) is 0 Å². The molecule has 0 bridgehead atoms. The molecule has 1 fully saturated rings. The first-order chi connectivity index (χ1) is 7.13. The smallest absolute Gasteiger partial charge is 0.0522 e. The Morgan fingerprint density at radius 3 is 2.67 bits per heavy atom. The van der Waals surface area contributed by atoms with E-state index in [9.17, 15) is 5.11 Å². The quantitative estimate of drug-likeness (QED) is 0.848. The van der Waals surface area contributed by atoms with E-state index < -0.39 is 0 Å². The summed E-state index contributed by atoms with van der Waals surface area (Å²) in [4.78, 5) is 0. The van der Waals surface area contributed by atoms with Gasteiger partial charge in [0.05, 0.1) is 6.61 Å². The normalized spacial score (nSPS) is 17.5. The van der Waals surface area contributed by atoms with Gasteiger partial charge in [0.25, 0.3) is 0 Å². The molecule has 82 valence electrons. The van der Waals surface area contributed by atoms with Crippen molar-refractivity contribution >= 4 is 11.8 Å². The molecule has 15 heavy (non-hydrogen) atoms. The number of aliphatic hydroxyl groups is 1. The minimum Gasteiger partial charge on any atom is -0.395 e. The van der Waals surface area contributed by atoms with Crippen LogP contribution in [0, 0.1) is 0 Å². The third-order valence-electron chi connectivity index (χ3n) is 3.17. The highest BCUT2D eigenvalue weighted by Crippen LogP contribution is 2.35. The molecule has 0 spiro atoms. The molecule has 1 aliphatic heterocycles. The van der Waals surface area contributed by atoms with Crippen LogP contribution < -0.4 is 0 Å². The van der Waals surface area contributed by atoms with Crippen molar-refractivity contribution in [1.29, 1.82) is 0 Å². The summed E-state index contributed by atoms with van der Waals surface area (Å²) in [6.07, 6.45) is 0. The van der Waals surface area contributed by atoms with Gasteiger partial charge in [0, 0.05) is 22.8 Å². The molecule has 1 heterocycles. The number of thioether (sulfide) groups is 1. The summed E-state index contributed by atoms with van der Waals surface area (Å²) in [5.74, 6) is 3.25. The van der Waals surface area contributed by atoms with Crippen molar-refractivity contribution in [2.45, 2.75) is 25.2 Å². The molecule has 0 aromatic heterocycles. The van der Waals surface area contributed by atoms with Gasteiger partial charge < -0.3 is 5.11 Å². The van der Waals surface area contributed by atoms with Gasteiger partial charge >= 0.3 is 0 Å². The molecule has 1 aromatic rings. The molecule has 1 nitrogen and oxygen atoms in total. The lowest BCUT2D eigenvalue weighted by atomic mass is 9.83. The first-order valence-corrected chi connectivity index (χ1v) is 6.58. The zero-order valence-electron chi connectivity index (χ0n) is 9.36. The van der Waals surface area contributed by atoms with Crippen LogP contribution in [0.2, 0.25) is 0 Å². The predicted octanol–water partition coefficient (Wildman–Crippen LogP) is 2.79. The van der Waals surface area contributed by atoms with Gasteiger partial charge in [0.2, 0.25) is 0 Å². The minimum absolute atomic E-state index is 0.118. The van der Waals surface area contributed by atoms with Crippen molar-refractivity contribution < 1.29 is 5.11 Å². The molecule has 1 aromatic carbocycles. The topological polar surface area (TPSA) is 20.2 Å². The van der Waals surface area contributed by atoms with E-state index >= 15 is 0 Å². The third-order valence-corrected chi connectivity index (χ3v) is 4.45. The van der Waals surface area contributed by atoms with Gasteiger partial charge in [0.15, 0.2) is 0 Å². The lowest BCUT2D eigenvalue weighted by Gasteiger charge is -2.28. The summed E-state index contributed by atoms with van der Waals surface area (Å²) in [7, 11) is 0. The van der Waals surface area contributed by atoms with E-state index in [-0.39, 0.29) is 12.0 Å². The Bertz CT molecular complexity index is 342. The third kappa shape index (κ3) is 2.21. The van der Waals surface area contributed by atoms with Gasteiger partial charge in [-0.05, 0) is 11.1 Å². The highest BCUT2D eigenvalue weighted by Gasteiger charge is 2.23. The molecule has 1 aliphatic rings. The van der Waals surface area contributed by atoms with E-state index in [0.29, 0.717) is 0 Å².